The van der Waals surface area contributed by atoms with E-state index >= 15 is 8.78 Å². The SMILES string of the molecule is COc1ccc(S(=O)(=O)N(Cc2ccccc2)CC(F)(F)C(=O)[C@@H](Cc2ccccc2)N(C(=O)O)[C@H]2CCOC2)cc1. The summed E-state index contributed by atoms with van der Waals surface area (Å²) in [4.78, 5) is 26.5. The molecular weight excluding hydrogens is 570 g/mol. The molecule has 1 amide bonds. The molecule has 0 radical (unpaired) electrons. The van der Waals surface area contributed by atoms with Crippen LogP contribution in [-0.4, -0.2) is 79.5 Å². The molecule has 0 aliphatic carbocycles. The molecule has 0 aromatic heterocycles. The number of carbonyl (C=O) groups is 2. The van der Waals surface area contributed by atoms with Gasteiger partial charge in [-0.2, -0.15) is 13.1 Å². The summed E-state index contributed by atoms with van der Waals surface area (Å²) in [6, 6.07) is 19.0. The van der Waals surface area contributed by atoms with Gasteiger partial charge in [0.2, 0.25) is 15.8 Å². The van der Waals surface area contributed by atoms with E-state index in [1.54, 1.807) is 60.7 Å². The molecule has 1 N–H and O–H groups in total. The molecular formula is C30H32F2N2O7S. The topological polar surface area (TPSA) is 113 Å². The van der Waals surface area contributed by atoms with Crippen LogP contribution in [0.25, 0.3) is 0 Å². The van der Waals surface area contributed by atoms with Crippen molar-refractivity contribution in [3.8, 4) is 5.75 Å². The lowest BCUT2D eigenvalue weighted by Gasteiger charge is -2.35. The van der Waals surface area contributed by atoms with Crippen LogP contribution < -0.4 is 4.74 Å². The fraction of sp³-hybridized carbons (Fsp3) is 0.333. The Balaban J connectivity index is 1.71. The van der Waals surface area contributed by atoms with Crippen LogP contribution in [0.15, 0.2) is 89.8 Å². The van der Waals surface area contributed by atoms with E-state index in [4.69, 9.17) is 9.47 Å². The zero-order valence-corrected chi connectivity index (χ0v) is 23.8. The average Bonchev–Trinajstić information content (AvgIpc) is 3.51. The van der Waals surface area contributed by atoms with Crippen LogP contribution in [0.2, 0.25) is 0 Å². The van der Waals surface area contributed by atoms with Crippen molar-refractivity contribution in [3.05, 3.63) is 96.1 Å². The van der Waals surface area contributed by atoms with Crippen LogP contribution in [0.5, 0.6) is 5.75 Å². The van der Waals surface area contributed by atoms with Gasteiger partial charge in [-0.25, -0.2) is 13.2 Å². The number of hydrogen-bond donors (Lipinski definition) is 1. The van der Waals surface area contributed by atoms with Crippen LogP contribution in [0.4, 0.5) is 13.6 Å². The number of carboxylic acid groups (broad SMARTS) is 1. The van der Waals surface area contributed by atoms with E-state index in [9.17, 15) is 23.1 Å². The maximum absolute atomic E-state index is 16.1. The predicted octanol–water partition coefficient (Wildman–Crippen LogP) is 4.47. The Morgan fingerprint density at radius 3 is 2.12 bits per heavy atom. The number of ether oxygens (including phenoxy) is 2. The van der Waals surface area contributed by atoms with Crippen molar-refractivity contribution in [2.24, 2.45) is 0 Å². The van der Waals surface area contributed by atoms with Gasteiger partial charge in [-0.3, -0.25) is 9.69 Å². The number of methoxy groups -OCH3 is 1. The second-order valence-electron chi connectivity index (χ2n) is 9.92. The Morgan fingerprint density at radius 2 is 1.60 bits per heavy atom. The minimum absolute atomic E-state index is 0.0393. The highest BCUT2D eigenvalue weighted by atomic mass is 32.2. The van der Waals surface area contributed by atoms with Gasteiger partial charge < -0.3 is 14.6 Å². The molecule has 1 aliphatic rings. The van der Waals surface area contributed by atoms with Crippen molar-refractivity contribution in [1.29, 1.82) is 0 Å². The first-order valence-corrected chi connectivity index (χ1v) is 14.7. The summed E-state index contributed by atoms with van der Waals surface area (Å²) in [5.41, 5.74) is 0.901. The van der Waals surface area contributed by atoms with E-state index in [0.29, 0.717) is 21.2 Å². The number of sulfonamides is 1. The lowest BCUT2D eigenvalue weighted by Crippen LogP contribution is -2.58. The highest BCUT2D eigenvalue weighted by Gasteiger charge is 2.50. The molecule has 0 bridgehead atoms. The van der Waals surface area contributed by atoms with E-state index in [1.807, 2.05) is 0 Å². The zero-order chi connectivity index (χ0) is 30.3. The van der Waals surface area contributed by atoms with E-state index in [2.05, 4.69) is 0 Å². The number of ketones is 1. The monoisotopic (exact) mass is 602 g/mol. The molecule has 1 fully saturated rings. The number of benzene rings is 3. The van der Waals surface area contributed by atoms with Crippen molar-refractivity contribution in [2.45, 2.75) is 42.3 Å². The summed E-state index contributed by atoms with van der Waals surface area (Å²) < 4.78 is 70.4. The quantitative estimate of drug-likeness (QED) is 0.307. The third-order valence-corrected chi connectivity index (χ3v) is 8.87. The lowest BCUT2D eigenvalue weighted by molar-refractivity contribution is -0.150. The largest absolute Gasteiger partial charge is 0.497 e. The van der Waals surface area contributed by atoms with Gasteiger partial charge in [0.15, 0.2) is 0 Å². The summed E-state index contributed by atoms with van der Waals surface area (Å²) in [6.07, 6.45) is -1.62. The van der Waals surface area contributed by atoms with Gasteiger partial charge in [-0.15, -0.1) is 0 Å². The van der Waals surface area contributed by atoms with E-state index in [1.165, 1.54) is 31.4 Å². The standard InChI is InChI=1S/C30H32F2N2O7S/c1-40-25-12-14-26(15-13-25)42(38,39)33(19-23-10-6-3-7-11-23)21-30(31,32)28(35)27(18-22-8-4-2-5-9-22)34(29(36)37)24-16-17-41-20-24/h2-15,24,27H,16-21H2,1H3,(H,36,37)/t24-,27+/m0/s1. The average molecular weight is 603 g/mol. The van der Waals surface area contributed by atoms with Crippen molar-refractivity contribution in [1.82, 2.24) is 9.21 Å². The lowest BCUT2D eigenvalue weighted by atomic mass is 9.95. The van der Waals surface area contributed by atoms with Gasteiger partial charge in [-0.05, 0) is 41.8 Å². The number of halogens is 2. The minimum Gasteiger partial charge on any atom is -0.497 e. The van der Waals surface area contributed by atoms with E-state index in [-0.39, 0.29) is 31.0 Å². The second-order valence-corrected chi connectivity index (χ2v) is 11.9. The van der Waals surface area contributed by atoms with E-state index < -0.39 is 53.0 Å². The Kier molecular flexibility index (Phi) is 9.92. The molecule has 1 heterocycles. The molecule has 42 heavy (non-hydrogen) atoms. The minimum atomic E-state index is -4.53. The number of rotatable bonds is 13. The summed E-state index contributed by atoms with van der Waals surface area (Å²) in [5, 5.41) is 10.1. The maximum Gasteiger partial charge on any atom is 0.408 e. The molecule has 9 nitrogen and oxygen atoms in total. The number of alkyl halides is 2. The third kappa shape index (κ3) is 7.30. The normalized spacial score (nSPS) is 16.2. The molecule has 12 heteroatoms. The fourth-order valence-corrected chi connectivity index (χ4v) is 6.32. The Bertz CT molecular complexity index is 1450. The Morgan fingerprint density at radius 1 is 1.00 bits per heavy atom. The van der Waals surface area contributed by atoms with Crippen molar-refractivity contribution >= 4 is 21.9 Å². The molecule has 1 aliphatic heterocycles. The van der Waals surface area contributed by atoms with Crippen molar-refractivity contribution < 1.29 is 41.4 Å². The van der Waals surface area contributed by atoms with Gasteiger partial charge in [0.05, 0.1) is 31.2 Å². The van der Waals surface area contributed by atoms with Gasteiger partial charge >= 0.3 is 12.0 Å². The number of carbonyl (C=O) groups excluding carboxylic acids is 1. The third-order valence-electron chi connectivity index (χ3n) is 7.06. The summed E-state index contributed by atoms with van der Waals surface area (Å²) >= 11 is 0. The van der Waals surface area contributed by atoms with Crippen LogP contribution in [-0.2, 0) is 32.5 Å². The second kappa shape index (κ2) is 13.4. The highest BCUT2D eigenvalue weighted by Crippen LogP contribution is 2.30. The molecule has 2 atom stereocenters. The summed E-state index contributed by atoms with van der Waals surface area (Å²) in [6.45, 7) is -1.75. The molecule has 3 aromatic rings. The number of amides is 1. The first-order valence-electron chi connectivity index (χ1n) is 13.3. The number of hydrogen-bond acceptors (Lipinski definition) is 6. The van der Waals surface area contributed by atoms with Gasteiger partial charge in [-0.1, -0.05) is 60.7 Å². The number of Topliss-reactive ketones (excluding diaryl/α,β-unsaturated/α-hetero) is 1. The Labute approximate surface area is 243 Å². The van der Waals surface area contributed by atoms with E-state index in [0.717, 1.165) is 4.90 Å². The van der Waals surface area contributed by atoms with Gasteiger partial charge in [0.25, 0.3) is 0 Å². The molecule has 224 valence electrons. The maximum atomic E-state index is 16.1. The van der Waals surface area contributed by atoms with Gasteiger partial charge in [0, 0.05) is 19.6 Å². The first-order chi connectivity index (χ1) is 20.0. The van der Waals surface area contributed by atoms with Crippen molar-refractivity contribution in [3.63, 3.8) is 0 Å². The molecule has 0 unspecified atom stereocenters. The molecule has 0 spiro atoms. The number of nitrogens with zero attached hydrogens (tertiary/aromatic N) is 2. The fourth-order valence-electron chi connectivity index (χ4n) is 4.89. The molecule has 3 aromatic carbocycles. The molecule has 1 saturated heterocycles. The van der Waals surface area contributed by atoms with Crippen LogP contribution in [0.3, 0.4) is 0 Å². The summed E-state index contributed by atoms with van der Waals surface area (Å²) in [7, 11) is -3.13. The zero-order valence-electron chi connectivity index (χ0n) is 22.9. The Hall–Kier alpha value is -3.87. The highest BCUT2D eigenvalue weighted by molar-refractivity contribution is 7.89. The van der Waals surface area contributed by atoms with Crippen molar-refractivity contribution in [2.75, 3.05) is 26.9 Å². The smallest absolute Gasteiger partial charge is 0.408 e. The predicted molar refractivity (Wildman–Crippen MR) is 150 cm³/mol. The van der Waals surface area contributed by atoms with Crippen LogP contribution in [0, 0.1) is 0 Å². The van der Waals surface area contributed by atoms with Gasteiger partial charge in [0.1, 0.15) is 11.8 Å². The van der Waals surface area contributed by atoms with Crippen LogP contribution in [0.1, 0.15) is 17.5 Å². The van der Waals surface area contributed by atoms with Crippen LogP contribution >= 0.6 is 0 Å². The summed E-state index contributed by atoms with van der Waals surface area (Å²) in [5.74, 6) is -5.57. The molecule has 0 saturated carbocycles. The molecule has 4 rings (SSSR count). The first kappa shape index (κ1) is 31.1.